The second-order valence-corrected chi connectivity index (χ2v) is 7.08. The molecule has 126 valence electrons. The lowest BCUT2D eigenvalue weighted by Gasteiger charge is -2.16. The summed E-state index contributed by atoms with van der Waals surface area (Å²) in [5.74, 6) is 1.96. The molecule has 2 N–H and O–H groups in total. The van der Waals surface area contributed by atoms with Crippen molar-refractivity contribution in [1.82, 2.24) is 4.98 Å². The van der Waals surface area contributed by atoms with E-state index >= 15 is 0 Å². The Morgan fingerprint density at radius 1 is 1.17 bits per heavy atom. The van der Waals surface area contributed by atoms with Crippen LogP contribution in [0.5, 0.6) is 0 Å². The molecule has 1 aromatic heterocycles. The van der Waals surface area contributed by atoms with Crippen LogP contribution >= 0.6 is 11.8 Å². The molecule has 1 aromatic carbocycles. The predicted octanol–water partition coefficient (Wildman–Crippen LogP) is 3.44. The smallest absolute Gasteiger partial charge is 0.256 e. The van der Waals surface area contributed by atoms with Crippen LogP contribution < -0.4 is 5.32 Å². The van der Waals surface area contributed by atoms with Crippen LogP contribution in [0.25, 0.3) is 0 Å². The minimum absolute atomic E-state index is 0.115. The highest BCUT2D eigenvalue weighted by molar-refractivity contribution is 7.98. The van der Waals surface area contributed by atoms with Crippen molar-refractivity contribution < 1.29 is 9.90 Å². The molecule has 3 rings (SSSR count). The Hall–Kier alpha value is -1.85. The van der Waals surface area contributed by atoms with E-state index in [2.05, 4.69) is 16.4 Å². The molecule has 0 fully saturated rings. The standard InChI is InChI=1S/C19H22N2O2S/c22-9-10-24-13-14-7-8-20-18(11-14)21-19(23)17-6-5-15-3-1-2-4-16(15)12-17/h5-8,11-12,22H,1-4,9-10,13H2,(H,20,21,23). The SMILES string of the molecule is O=C(Nc1cc(CSCCO)ccn1)c1ccc2c(c1)CCCC2. The molecule has 2 aromatic rings. The quantitative estimate of drug-likeness (QED) is 0.790. The van der Waals surface area contributed by atoms with Crippen molar-refractivity contribution in [1.29, 1.82) is 0 Å². The van der Waals surface area contributed by atoms with E-state index in [9.17, 15) is 4.79 Å². The third-order valence-electron chi connectivity index (χ3n) is 4.18. The minimum atomic E-state index is -0.115. The largest absolute Gasteiger partial charge is 0.396 e. The molecule has 0 radical (unpaired) electrons. The van der Waals surface area contributed by atoms with Gasteiger partial charge in [-0.1, -0.05) is 6.07 Å². The van der Waals surface area contributed by atoms with E-state index in [0.29, 0.717) is 17.1 Å². The molecule has 1 aliphatic carbocycles. The van der Waals surface area contributed by atoms with Gasteiger partial charge in [-0.2, -0.15) is 11.8 Å². The first-order chi connectivity index (χ1) is 11.8. The maximum atomic E-state index is 12.5. The summed E-state index contributed by atoms with van der Waals surface area (Å²) in [5.41, 5.74) is 4.46. The molecule has 1 heterocycles. The Labute approximate surface area is 146 Å². The fourth-order valence-corrected chi connectivity index (χ4v) is 3.64. The molecule has 0 atom stereocenters. The number of carbonyl (C=O) groups excluding carboxylic acids is 1. The summed E-state index contributed by atoms with van der Waals surface area (Å²) in [6.45, 7) is 0.178. The molecular weight excluding hydrogens is 320 g/mol. The van der Waals surface area contributed by atoms with E-state index in [1.54, 1.807) is 18.0 Å². The van der Waals surface area contributed by atoms with E-state index < -0.39 is 0 Å². The highest BCUT2D eigenvalue weighted by Gasteiger charge is 2.13. The number of fused-ring (bicyclic) bond motifs is 1. The van der Waals surface area contributed by atoms with Gasteiger partial charge in [0.1, 0.15) is 5.82 Å². The third-order valence-corrected chi connectivity index (χ3v) is 5.19. The average molecular weight is 342 g/mol. The zero-order chi connectivity index (χ0) is 16.8. The van der Waals surface area contributed by atoms with Gasteiger partial charge in [-0.3, -0.25) is 4.79 Å². The van der Waals surface area contributed by atoms with Crippen molar-refractivity contribution in [3.05, 3.63) is 58.8 Å². The van der Waals surface area contributed by atoms with E-state index in [1.807, 2.05) is 24.3 Å². The maximum Gasteiger partial charge on any atom is 0.256 e. The molecule has 0 saturated carbocycles. The summed E-state index contributed by atoms with van der Waals surface area (Å²) in [5, 5.41) is 11.7. The van der Waals surface area contributed by atoms with Crippen molar-refractivity contribution in [3.8, 4) is 0 Å². The Bertz CT molecular complexity index is 718. The van der Waals surface area contributed by atoms with Crippen molar-refractivity contribution in [2.45, 2.75) is 31.4 Å². The van der Waals surface area contributed by atoms with E-state index in [4.69, 9.17) is 5.11 Å². The van der Waals surface area contributed by atoms with Crippen LogP contribution in [0.15, 0.2) is 36.5 Å². The number of benzene rings is 1. The Morgan fingerprint density at radius 2 is 2.00 bits per heavy atom. The predicted molar refractivity (Wildman–Crippen MR) is 98.5 cm³/mol. The molecule has 4 nitrogen and oxygen atoms in total. The molecule has 0 aliphatic heterocycles. The molecule has 0 unspecified atom stereocenters. The Balaban J connectivity index is 1.67. The first-order valence-corrected chi connectivity index (χ1v) is 9.48. The van der Waals surface area contributed by atoms with Gasteiger partial charge in [0.15, 0.2) is 0 Å². The summed E-state index contributed by atoms with van der Waals surface area (Å²) < 4.78 is 0. The van der Waals surface area contributed by atoms with Crippen LogP contribution in [-0.2, 0) is 18.6 Å². The number of carbonyl (C=O) groups is 1. The van der Waals surface area contributed by atoms with E-state index in [0.717, 1.165) is 24.2 Å². The number of rotatable bonds is 6. The van der Waals surface area contributed by atoms with Gasteiger partial charge in [0.2, 0.25) is 0 Å². The normalized spacial score (nSPS) is 13.4. The first kappa shape index (κ1) is 17.0. The number of nitrogens with one attached hydrogen (secondary N) is 1. The molecule has 0 bridgehead atoms. The number of nitrogens with zero attached hydrogens (tertiary/aromatic N) is 1. The maximum absolute atomic E-state index is 12.5. The number of aliphatic hydroxyl groups is 1. The Morgan fingerprint density at radius 3 is 2.83 bits per heavy atom. The van der Waals surface area contributed by atoms with Gasteiger partial charge in [-0.25, -0.2) is 4.98 Å². The molecule has 1 aliphatic rings. The van der Waals surface area contributed by atoms with Crippen LogP contribution in [0.4, 0.5) is 5.82 Å². The second-order valence-electron chi connectivity index (χ2n) is 5.97. The first-order valence-electron chi connectivity index (χ1n) is 8.33. The number of anilines is 1. The van der Waals surface area contributed by atoms with Crippen molar-refractivity contribution in [2.75, 3.05) is 17.7 Å². The van der Waals surface area contributed by atoms with Gasteiger partial charge in [0.25, 0.3) is 5.91 Å². The summed E-state index contributed by atoms with van der Waals surface area (Å²) in [6.07, 6.45) is 6.33. The molecule has 0 spiro atoms. The number of aliphatic hydroxyl groups excluding tert-OH is 1. The summed E-state index contributed by atoms with van der Waals surface area (Å²) >= 11 is 1.66. The molecule has 1 amide bonds. The number of thioether (sulfide) groups is 1. The number of aryl methyl sites for hydroxylation is 2. The fourth-order valence-electron chi connectivity index (χ4n) is 2.95. The van der Waals surface area contributed by atoms with Gasteiger partial charge < -0.3 is 10.4 Å². The van der Waals surface area contributed by atoms with Crippen molar-refractivity contribution in [3.63, 3.8) is 0 Å². The van der Waals surface area contributed by atoms with Gasteiger partial charge in [0.05, 0.1) is 6.61 Å². The zero-order valence-electron chi connectivity index (χ0n) is 13.6. The average Bonchev–Trinajstić information content (AvgIpc) is 2.62. The lowest BCUT2D eigenvalue weighted by Crippen LogP contribution is -2.14. The summed E-state index contributed by atoms with van der Waals surface area (Å²) in [4.78, 5) is 16.7. The molecule has 24 heavy (non-hydrogen) atoms. The van der Waals surface area contributed by atoms with E-state index in [-0.39, 0.29) is 12.5 Å². The monoisotopic (exact) mass is 342 g/mol. The van der Waals surface area contributed by atoms with Crippen molar-refractivity contribution >= 4 is 23.5 Å². The highest BCUT2D eigenvalue weighted by Crippen LogP contribution is 2.23. The van der Waals surface area contributed by atoms with Crippen LogP contribution in [0, 0.1) is 0 Å². The minimum Gasteiger partial charge on any atom is -0.396 e. The van der Waals surface area contributed by atoms with Crippen LogP contribution in [-0.4, -0.2) is 28.4 Å². The highest BCUT2D eigenvalue weighted by atomic mass is 32.2. The van der Waals surface area contributed by atoms with Crippen LogP contribution in [0.2, 0.25) is 0 Å². The number of pyridine rings is 1. The summed E-state index contributed by atoms with van der Waals surface area (Å²) in [7, 11) is 0. The Kier molecular flexibility index (Phi) is 5.88. The molecule has 5 heteroatoms. The fraction of sp³-hybridized carbons (Fsp3) is 0.368. The van der Waals surface area contributed by atoms with Gasteiger partial charge in [0, 0.05) is 23.3 Å². The van der Waals surface area contributed by atoms with Crippen molar-refractivity contribution in [2.24, 2.45) is 0 Å². The van der Waals surface area contributed by atoms with Crippen LogP contribution in [0.3, 0.4) is 0 Å². The lowest BCUT2D eigenvalue weighted by atomic mass is 9.90. The van der Waals surface area contributed by atoms with Crippen LogP contribution in [0.1, 0.15) is 39.9 Å². The van der Waals surface area contributed by atoms with Gasteiger partial charge in [-0.05, 0) is 66.6 Å². The molecular formula is C19H22N2O2S. The number of hydrogen-bond acceptors (Lipinski definition) is 4. The number of hydrogen-bond donors (Lipinski definition) is 2. The third kappa shape index (κ3) is 4.36. The molecule has 0 saturated heterocycles. The summed E-state index contributed by atoms with van der Waals surface area (Å²) in [6, 6.07) is 9.82. The van der Waals surface area contributed by atoms with E-state index in [1.165, 1.54) is 24.0 Å². The topological polar surface area (TPSA) is 62.2 Å². The zero-order valence-corrected chi connectivity index (χ0v) is 14.4. The lowest BCUT2D eigenvalue weighted by molar-refractivity contribution is 0.102. The van der Waals surface area contributed by atoms with Gasteiger partial charge in [-0.15, -0.1) is 0 Å². The number of amides is 1. The van der Waals surface area contributed by atoms with Gasteiger partial charge >= 0.3 is 0 Å². The number of aromatic nitrogens is 1. The second kappa shape index (κ2) is 8.31.